The van der Waals surface area contributed by atoms with E-state index in [-0.39, 0.29) is 0 Å². The van der Waals surface area contributed by atoms with Crippen LogP contribution in [0.4, 0.5) is 0 Å². The lowest BCUT2D eigenvalue weighted by atomic mass is 10.0. The van der Waals surface area contributed by atoms with Crippen molar-refractivity contribution in [3.05, 3.63) is 29.3 Å². The average molecular weight is 276 g/mol. The van der Waals surface area contributed by atoms with Crippen molar-refractivity contribution in [1.82, 2.24) is 10.2 Å². The number of rotatable bonds is 6. The van der Waals surface area contributed by atoms with Crippen molar-refractivity contribution in [2.24, 2.45) is 5.92 Å². The number of likely N-dealkylation sites (tertiary alicyclic amines) is 1. The van der Waals surface area contributed by atoms with Gasteiger partial charge in [-0.2, -0.15) is 0 Å². The van der Waals surface area contributed by atoms with E-state index >= 15 is 0 Å². The summed E-state index contributed by atoms with van der Waals surface area (Å²) in [6, 6.07) is 6.80. The van der Waals surface area contributed by atoms with E-state index in [1.807, 2.05) is 0 Å². The molecule has 1 aliphatic rings. The number of benzene rings is 1. The summed E-state index contributed by atoms with van der Waals surface area (Å²) in [5.74, 6) is 1.82. The normalized spacial score (nSPS) is 21.1. The van der Waals surface area contributed by atoms with Crippen LogP contribution in [0.15, 0.2) is 18.2 Å². The Hall–Kier alpha value is -1.06. The maximum absolute atomic E-state index is 5.55. The van der Waals surface area contributed by atoms with Gasteiger partial charge in [-0.3, -0.25) is 0 Å². The Labute approximate surface area is 123 Å². The summed E-state index contributed by atoms with van der Waals surface area (Å²) >= 11 is 0. The molecule has 2 atom stereocenters. The van der Waals surface area contributed by atoms with Crippen LogP contribution in [0, 0.1) is 12.8 Å². The minimum absolute atomic E-state index is 0.347. The SMILES string of the molecule is CCNC(CN1CCC(C)C1)c1cc(C)ccc1OC. The third kappa shape index (κ3) is 3.74. The molecule has 0 saturated carbocycles. The van der Waals surface area contributed by atoms with Gasteiger partial charge in [0.2, 0.25) is 0 Å². The van der Waals surface area contributed by atoms with Crippen molar-refractivity contribution in [3.63, 3.8) is 0 Å². The number of nitrogens with zero attached hydrogens (tertiary/aromatic N) is 1. The maximum atomic E-state index is 5.55. The Morgan fingerprint density at radius 1 is 1.45 bits per heavy atom. The smallest absolute Gasteiger partial charge is 0.123 e. The highest BCUT2D eigenvalue weighted by atomic mass is 16.5. The summed E-state index contributed by atoms with van der Waals surface area (Å²) < 4.78 is 5.55. The van der Waals surface area contributed by atoms with Crippen LogP contribution in [0.25, 0.3) is 0 Å². The van der Waals surface area contributed by atoms with Crippen molar-refractivity contribution in [3.8, 4) is 5.75 Å². The fraction of sp³-hybridized carbons (Fsp3) is 0.647. The van der Waals surface area contributed by atoms with Gasteiger partial charge in [0.1, 0.15) is 5.75 Å². The molecule has 1 heterocycles. The standard InChI is InChI=1S/C17H28N2O/c1-5-18-16(12-19-9-8-14(3)11-19)15-10-13(2)6-7-17(15)20-4/h6-7,10,14,16,18H,5,8-9,11-12H2,1-4H3. The van der Waals surface area contributed by atoms with Crippen LogP contribution < -0.4 is 10.1 Å². The van der Waals surface area contributed by atoms with Crippen molar-refractivity contribution in [1.29, 1.82) is 0 Å². The minimum Gasteiger partial charge on any atom is -0.496 e. The lowest BCUT2D eigenvalue weighted by Crippen LogP contribution is -2.34. The first kappa shape index (κ1) is 15.3. The first-order chi connectivity index (χ1) is 9.63. The number of hydrogen-bond acceptors (Lipinski definition) is 3. The molecule has 2 rings (SSSR count). The molecule has 0 aliphatic carbocycles. The molecule has 20 heavy (non-hydrogen) atoms. The number of methoxy groups -OCH3 is 1. The molecule has 1 N–H and O–H groups in total. The molecule has 1 aromatic rings. The van der Waals surface area contributed by atoms with Gasteiger partial charge in [0, 0.05) is 24.7 Å². The summed E-state index contributed by atoms with van der Waals surface area (Å²) in [5, 5.41) is 3.62. The van der Waals surface area contributed by atoms with Crippen LogP contribution in [0.2, 0.25) is 0 Å². The molecule has 0 radical (unpaired) electrons. The molecule has 3 nitrogen and oxygen atoms in total. The van der Waals surface area contributed by atoms with Crippen LogP contribution in [0.5, 0.6) is 5.75 Å². The lowest BCUT2D eigenvalue weighted by molar-refractivity contribution is 0.282. The quantitative estimate of drug-likeness (QED) is 0.864. The number of hydrogen-bond donors (Lipinski definition) is 1. The monoisotopic (exact) mass is 276 g/mol. The van der Waals surface area contributed by atoms with Crippen LogP contribution in [0.1, 0.15) is 37.4 Å². The predicted octanol–water partition coefficient (Wildman–Crippen LogP) is 3.00. The zero-order valence-electron chi connectivity index (χ0n) is 13.3. The van der Waals surface area contributed by atoms with Crippen molar-refractivity contribution >= 4 is 0 Å². The topological polar surface area (TPSA) is 24.5 Å². The Bertz CT molecular complexity index is 433. The van der Waals surface area contributed by atoms with Gasteiger partial charge in [0.25, 0.3) is 0 Å². The summed E-state index contributed by atoms with van der Waals surface area (Å²) in [5.41, 5.74) is 2.58. The summed E-state index contributed by atoms with van der Waals surface area (Å²) in [7, 11) is 1.76. The molecule has 1 aromatic carbocycles. The molecule has 1 fully saturated rings. The first-order valence-corrected chi connectivity index (χ1v) is 7.74. The van der Waals surface area contributed by atoms with Crippen LogP contribution in [0.3, 0.4) is 0 Å². The largest absolute Gasteiger partial charge is 0.496 e. The van der Waals surface area contributed by atoms with Gasteiger partial charge in [-0.1, -0.05) is 31.5 Å². The molecule has 112 valence electrons. The van der Waals surface area contributed by atoms with Gasteiger partial charge in [-0.25, -0.2) is 0 Å². The van der Waals surface area contributed by atoms with Crippen molar-refractivity contribution in [2.45, 2.75) is 33.2 Å². The first-order valence-electron chi connectivity index (χ1n) is 7.74. The lowest BCUT2D eigenvalue weighted by Gasteiger charge is -2.26. The summed E-state index contributed by atoms with van der Waals surface area (Å²) in [4.78, 5) is 2.57. The number of ether oxygens (including phenoxy) is 1. The van der Waals surface area contributed by atoms with E-state index < -0.39 is 0 Å². The van der Waals surface area contributed by atoms with Gasteiger partial charge in [0.05, 0.1) is 7.11 Å². The zero-order chi connectivity index (χ0) is 14.5. The molecule has 0 spiro atoms. The molecule has 3 heteroatoms. The predicted molar refractivity (Wildman–Crippen MR) is 84.4 cm³/mol. The van der Waals surface area contributed by atoms with E-state index in [2.05, 4.69) is 49.2 Å². The molecule has 0 aromatic heterocycles. The molecule has 0 amide bonds. The number of likely N-dealkylation sites (N-methyl/N-ethyl adjacent to an activating group) is 1. The van der Waals surface area contributed by atoms with Crippen LogP contribution in [-0.4, -0.2) is 38.2 Å². The van der Waals surface area contributed by atoms with E-state index in [1.54, 1.807) is 7.11 Å². The second kappa shape index (κ2) is 7.09. The van der Waals surface area contributed by atoms with E-state index in [4.69, 9.17) is 4.74 Å². The molecule has 1 aliphatic heterocycles. The van der Waals surface area contributed by atoms with E-state index in [0.717, 1.165) is 24.8 Å². The second-order valence-corrected chi connectivity index (χ2v) is 6.01. The zero-order valence-corrected chi connectivity index (χ0v) is 13.3. The highest BCUT2D eigenvalue weighted by Crippen LogP contribution is 2.28. The van der Waals surface area contributed by atoms with Crippen LogP contribution >= 0.6 is 0 Å². The van der Waals surface area contributed by atoms with Gasteiger partial charge in [0.15, 0.2) is 0 Å². The molecule has 2 unspecified atom stereocenters. The average Bonchev–Trinajstić information content (AvgIpc) is 2.84. The van der Waals surface area contributed by atoms with Gasteiger partial charge in [-0.05, 0) is 38.4 Å². The number of aryl methyl sites for hydroxylation is 1. The second-order valence-electron chi connectivity index (χ2n) is 6.01. The van der Waals surface area contributed by atoms with E-state index in [0.29, 0.717) is 6.04 Å². The van der Waals surface area contributed by atoms with Crippen molar-refractivity contribution in [2.75, 3.05) is 33.3 Å². The van der Waals surface area contributed by atoms with Gasteiger partial charge >= 0.3 is 0 Å². The number of nitrogens with one attached hydrogen (secondary N) is 1. The van der Waals surface area contributed by atoms with E-state index in [1.165, 1.54) is 30.6 Å². The highest BCUT2D eigenvalue weighted by molar-refractivity contribution is 5.39. The fourth-order valence-corrected chi connectivity index (χ4v) is 3.10. The van der Waals surface area contributed by atoms with Gasteiger partial charge < -0.3 is 15.0 Å². The highest BCUT2D eigenvalue weighted by Gasteiger charge is 2.24. The minimum atomic E-state index is 0.347. The third-order valence-corrected chi connectivity index (χ3v) is 4.16. The van der Waals surface area contributed by atoms with Crippen molar-refractivity contribution < 1.29 is 4.74 Å². The van der Waals surface area contributed by atoms with E-state index in [9.17, 15) is 0 Å². The molecule has 1 saturated heterocycles. The Morgan fingerprint density at radius 2 is 2.25 bits per heavy atom. The Morgan fingerprint density at radius 3 is 2.85 bits per heavy atom. The fourth-order valence-electron chi connectivity index (χ4n) is 3.10. The summed E-state index contributed by atoms with van der Waals surface area (Å²) in [6.07, 6.45) is 1.32. The molecular weight excluding hydrogens is 248 g/mol. The van der Waals surface area contributed by atoms with Crippen LogP contribution in [-0.2, 0) is 0 Å². The molecule has 0 bridgehead atoms. The maximum Gasteiger partial charge on any atom is 0.123 e. The summed E-state index contributed by atoms with van der Waals surface area (Å²) in [6.45, 7) is 11.1. The molecular formula is C17H28N2O. The Kier molecular flexibility index (Phi) is 5.44. The third-order valence-electron chi connectivity index (χ3n) is 4.16. The van der Waals surface area contributed by atoms with Gasteiger partial charge in [-0.15, -0.1) is 0 Å². The Balaban J connectivity index is 2.16.